The van der Waals surface area contributed by atoms with E-state index in [4.69, 9.17) is 0 Å². The number of aliphatic hydroxyl groups is 1. The summed E-state index contributed by atoms with van der Waals surface area (Å²) in [6.07, 6.45) is 4.45. The minimum absolute atomic E-state index is 0.0205. The standard InChI is InChI=1S/C18H19N3O2S/c22-11-10-21(13-14-4-3-9-19-12-14)18(23)8-7-17-20-15-5-1-2-6-16(15)24-17/h1-6,9,12,22H,7-8,10-11,13H2. The molecule has 0 unspecified atom stereocenters. The van der Waals surface area contributed by atoms with Gasteiger partial charge in [-0.2, -0.15) is 0 Å². The van der Waals surface area contributed by atoms with Gasteiger partial charge >= 0.3 is 0 Å². The largest absolute Gasteiger partial charge is 0.395 e. The molecule has 0 aliphatic heterocycles. The number of nitrogens with zero attached hydrogens (tertiary/aromatic N) is 3. The minimum Gasteiger partial charge on any atom is -0.395 e. The Morgan fingerprint density at radius 1 is 1.21 bits per heavy atom. The van der Waals surface area contributed by atoms with Crippen LogP contribution >= 0.6 is 11.3 Å². The molecule has 0 spiro atoms. The number of carbonyl (C=O) groups is 1. The third kappa shape index (κ3) is 4.15. The quantitative estimate of drug-likeness (QED) is 0.717. The van der Waals surface area contributed by atoms with Gasteiger partial charge in [0.1, 0.15) is 0 Å². The summed E-state index contributed by atoms with van der Waals surface area (Å²) in [7, 11) is 0. The Morgan fingerprint density at radius 2 is 2.08 bits per heavy atom. The molecule has 124 valence electrons. The van der Waals surface area contributed by atoms with E-state index >= 15 is 0 Å². The Bertz CT molecular complexity index is 771. The lowest BCUT2D eigenvalue weighted by molar-refractivity contribution is -0.132. The van der Waals surface area contributed by atoms with Crippen molar-refractivity contribution in [1.29, 1.82) is 0 Å². The molecule has 0 bridgehead atoms. The highest BCUT2D eigenvalue weighted by molar-refractivity contribution is 7.18. The number of thiazole rings is 1. The molecule has 3 aromatic rings. The van der Waals surface area contributed by atoms with Crippen molar-refractivity contribution in [3.63, 3.8) is 0 Å². The van der Waals surface area contributed by atoms with Gasteiger partial charge in [0, 0.05) is 38.3 Å². The zero-order valence-corrected chi connectivity index (χ0v) is 14.1. The number of pyridine rings is 1. The van der Waals surface area contributed by atoms with Crippen LogP contribution < -0.4 is 0 Å². The molecule has 2 aromatic heterocycles. The number of amides is 1. The summed E-state index contributed by atoms with van der Waals surface area (Å²) in [6.45, 7) is 0.744. The van der Waals surface area contributed by atoms with Crippen LogP contribution in [0.1, 0.15) is 17.0 Å². The van der Waals surface area contributed by atoms with Crippen molar-refractivity contribution < 1.29 is 9.90 Å². The first kappa shape index (κ1) is 16.5. The highest BCUT2D eigenvalue weighted by Gasteiger charge is 2.15. The van der Waals surface area contributed by atoms with Gasteiger partial charge in [-0.05, 0) is 23.8 Å². The van der Waals surface area contributed by atoms with Gasteiger partial charge in [-0.25, -0.2) is 4.98 Å². The van der Waals surface area contributed by atoms with Crippen molar-refractivity contribution in [2.45, 2.75) is 19.4 Å². The predicted molar refractivity (Wildman–Crippen MR) is 94.7 cm³/mol. The molecule has 6 heteroatoms. The summed E-state index contributed by atoms with van der Waals surface area (Å²) >= 11 is 1.63. The van der Waals surface area contributed by atoms with Gasteiger partial charge in [-0.15, -0.1) is 11.3 Å². The summed E-state index contributed by atoms with van der Waals surface area (Å²) in [5, 5.41) is 10.2. The average Bonchev–Trinajstić information content (AvgIpc) is 3.03. The second kappa shape index (κ2) is 7.99. The highest BCUT2D eigenvalue weighted by atomic mass is 32.1. The second-order valence-corrected chi connectivity index (χ2v) is 6.59. The fourth-order valence-electron chi connectivity index (χ4n) is 2.52. The first-order valence-electron chi connectivity index (χ1n) is 7.88. The number of aromatic nitrogens is 2. The van der Waals surface area contributed by atoms with Gasteiger partial charge in [-0.1, -0.05) is 18.2 Å². The molecule has 0 aliphatic carbocycles. The van der Waals surface area contributed by atoms with Gasteiger partial charge in [-0.3, -0.25) is 9.78 Å². The minimum atomic E-state index is -0.0485. The summed E-state index contributed by atoms with van der Waals surface area (Å²) in [5.41, 5.74) is 1.94. The molecule has 3 rings (SSSR count). The molecule has 0 radical (unpaired) electrons. The molecule has 0 saturated carbocycles. The number of aryl methyl sites for hydroxylation is 1. The SMILES string of the molecule is O=C(CCc1nc2ccccc2s1)N(CCO)Cc1cccnc1. The number of aliphatic hydroxyl groups excluding tert-OH is 1. The maximum absolute atomic E-state index is 12.5. The number of fused-ring (bicyclic) bond motifs is 1. The molecule has 2 heterocycles. The van der Waals surface area contributed by atoms with Crippen molar-refractivity contribution in [1.82, 2.24) is 14.9 Å². The van der Waals surface area contributed by atoms with Crippen molar-refractivity contribution in [3.8, 4) is 0 Å². The van der Waals surface area contributed by atoms with E-state index in [1.165, 1.54) is 0 Å². The van der Waals surface area contributed by atoms with E-state index in [-0.39, 0.29) is 12.5 Å². The van der Waals surface area contributed by atoms with Crippen molar-refractivity contribution >= 4 is 27.5 Å². The molecule has 0 aliphatic rings. The fourth-order valence-corrected chi connectivity index (χ4v) is 3.49. The summed E-state index contributed by atoms with van der Waals surface area (Å²) in [6, 6.07) is 11.8. The van der Waals surface area contributed by atoms with Gasteiger partial charge in [0.15, 0.2) is 0 Å². The molecular weight excluding hydrogens is 322 g/mol. The number of carbonyl (C=O) groups excluding carboxylic acids is 1. The van der Waals surface area contributed by atoms with Crippen LogP contribution in [-0.2, 0) is 17.8 Å². The van der Waals surface area contributed by atoms with E-state index in [1.54, 1.807) is 28.6 Å². The fraction of sp³-hybridized carbons (Fsp3) is 0.278. The van der Waals surface area contributed by atoms with E-state index in [1.807, 2.05) is 36.4 Å². The Balaban J connectivity index is 1.62. The van der Waals surface area contributed by atoms with E-state index in [9.17, 15) is 9.90 Å². The Labute approximate surface area is 144 Å². The van der Waals surface area contributed by atoms with E-state index in [0.717, 1.165) is 20.8 Å². The number of para-hydroxylation sites is 1. The first-order chi connectivity index (χ1) is 11.8. The molecule has 1 aromatic carbocycles. The molecule has 0 saturated heterocycles. The van der Waals surface area contributed by atoms with Crippen LogP contribution in [0.15, 0.2) is 48.8 Å². The third-order valence-electron chi connectivity index (χ3n) is 3.71. The number of hydrogen-bond acceptors (Lipinski definition) is 5. The van der Waals surface area contributed by atoms with Gasteiger partial charge < -0.3 is 10.0 Å². The van der Waals surface area contributed by atoms with Crippen molar-refractivity contribution in [2.24, 2.45) is 0 Å². The molecule has 5 nitrogen and oxygen atoms in total. The Kier molecular flexibility index (Phi) is 5.51. The first-order valence-corrected chi connectivity index (χ1v) is 8.70. The Morgan fingerprint density at radius 3 is 2.83 bits per heavy atom. The van der Waals surface area contributed by atoms with E-state index in [2.05, 4.69) is 9.97 Å². The lowest BCUT2D eigenvalue weighted by atomic mass is 10.2. The average molecular weight is 341 g/mol. The zero-order chi connectivity index (χ0) is 16.8. The summed E-state index contributed by atoms with van der Waals surface area (Å²) in [4.78, 5) is 22.8. The van der Waals surface area contributed by atoms with Crippen molar-refractivity contribution in [2.75, 3.05) is 13.2 Å². The monoisotopic (exact) mass is 341 g/mol. The summed E-state index contributed by atoms with van der Waals surface area (Å²) < 4.78 is 1.14. The zero-order valence-electron chi connectivity index (χ0n) is 13.3. The van der Waals surface area contributed by atoms with Crippen LogP contribution in [0.5, 0.6) is 0 Å². The van der Waals surface area contributed by atoms with Crippen LogP contribution in [-0.4, -0.2) is 39.0 Å². The second-order valence-electron chi connectivity index (χ2n) is 5.48. The lowest BCUT2D eigenvalue weighted by Gasteiger charge is -2.21. The Hall–Kier alpha value is -2.31. The van der Waals surface area contributed by atoms with E-state index < -0.39 is 0 Å². The predicted octanol–water partition coefficient (Wildman–Crippen LogP) is 2.65. The van der Waals surface area contributed by atoms with Gasteiger partial charge in [0.25, 0.3) is 0 Å². The number of hydrogen-bond donors (Lipinski definition) is 1. The summed E-state index contributed by atoms with van der Waals surface area (Å²) in [5.74, 6) is 0.0205. The third-order valence-corrected chi connectivity index (χ3v) is 4.81. The van der Waals surface area contributed by atoms with Crippen LogP contribution in [0.2, 0.25) is 0 Å². The van der Waals surface area contributed by atoms with Crippen molar-refractivity contribution in [3.05, 3.63) is 59.4 Å². The number of rotatable bonds is 7. The molecule has 1 N–H and O–H groups in total. The molecule has 24 heavy (non-hydrogen) atoms. The smallest absolute Gasteiger partial charge is 0.223 e. The van der Waals surface area contributed by atoms with Crippen LogP contribution in [0, 0.1) is 0 Å². The van der Waals surface area contributed by atoms with Gasteiger partial charge in [0.2, 0.25) is 5.91 Å². The molecule has 1 amide bonds. The normalized spacial score (nSPS) is 10.9. The van der Waals surface area contributed by atoms with Crippen LogP contribution in [0.3, 0.4) is 0 Å². The lowest BCUT2D eigenvalue weighted by Crippen LogP contribution is -2.33. The molecular formula is C18H19N3O2S. The maximum atomic E-state index is 12.5. The topological polar surface area (TPSA) is 66.3 Å². The van der Waals surface area contributed by atoms with Gasteiger partial charge in [0.05, 0.1) is 21.8 Å². The van der Waals surface area contributed by atoms with Crippen LogP contribution in [0.25, 0.3) is 10.2 Å². The molecule has 0 atom stereocenters. The highest BCUT2D eigenvalue weighted by Crippen LogP contribution is 2.22. The van der Waals surface area contributed by atoms with Crippen LogP contribution in [0.4, 0.5) is 0 Å². The van der Waals surface area contributed by atoms with E-state index in [0.29, 0.717) is 25.9 Å². The molecule has 0 fully saturated rings. The maximum Gasteiger partial charge on any atom is 0.223 e. The number of benzene rings is 1.